The number of nitrogens with one attached hydrogen (secondary N) is 1. The number of benzene rings is 1. The van der Waals surface area contributed by atoms with E-state index in [1.54, 1.807) is 0 Å². The molecule has 0 unspecified atom stereocenters. The van der Waals surface area contributed by atoms with Gasteiger partial charge in [-0.25, -0.2) is 0 Å². The van der Waals surface area contributed by atoms with Crippen LogP contribution in [0.4, 0.5) is 5.69 Å². The van der Waals surface area contributed by atoms with Crippen molar-refractivity contribution in [1.29, 1.82) is 0 Å². The summed E-state index contributed by atoms with van der Waals surface area (Å²) in [5.41, 5.74) is 2.41. The van der Waals surface area contributed by atoms with Crippen molar-refractivity contribution in [3.05, 3.63) is 27.7 Å². The van der Waals surface area contributed by atoms with Gasteiger partial charge in [-0.2, -0.15) is 12.7 Å². The predicted octanol–water partition coefficient (Wildman–Crippen LogP) is 2.28. The van der Waals surface area contributed by atoms with E-state index in [9.17, 15) is 8.42 Å². The second-order valence-corrected chi connectivity index (χ2v) is 6.60. The van der Waals surface area contributed by atoms with Gasteiger partial charge < -0.3 is 0 Å². The molecule has 0 aromatic heterocycles. The molecule has 0 aliphatic rings. The minimum atomic E-state index is -3.44. The summed E-state index contributed by atoms with van der Waals surface area (Å²) in [5, 5.41) is 0. The van der Waals surface area contributed by atoms with E-state index < -0.39 is 10.2 Å². The van der Waals surface area contributed by atoms with Gasteiger partial charge in [0.1, 0.15) is 0 Å². The Morgan fingerprint density at radius 1 is 1.19 bits per heavy atom. The van der Waals surface area contributed by atoms with E-state index in [2.05, 4.69) is 20.7 Å². The number of hydrogen-bond acceptors (Lipinski definition) is 2. The Kier molecular flexibility index (Phi) is 3.98. The van der Waals surface area contributed by atoms with Crippen molar-refractivity contribution < 1.29 is 8.42 Å². The third kappa shape index (κ3) is 2.96. The van der Waals surface area contributed by atoms with Crippen LogP contribution in [0.15, 0.2) is 16.6 Å². The lowest BCUT2D eigenvalue weighted by atomic mass is 10.1. The van der Waals surface area contributed by atoms with E-state index in [1.807, 2.05) is 26.0 Å². The monoisotopic (exact) mass is 306 g/mol. The van der Waals surface area contributed by atoms with Crippen molar-refractivity contribution in [3.63, 3.8) is 0 Å². The van der Waals surface area contributed by atoms with Gasteiger partial charge in [0.25, 0.3) is 0 Å². The minimum Gasteiger partial charge on any atom is -0.270 e. The van der Waals surface area contributed by atoms with E-state index in [0.29, 0.717) is 5.69 Å². The van der Waals surface area contributed by atoms with Crippen LogP contribution in [0.2, 0.25) is 0 Å². The van der Waals surface area contributed by atoms with E-state index in [0.717, 1.165) is 19.9 Å². The number of aryl methyl sites for hydroxylation is 2. The molecule has 0 aliphatic heterocycles. The zero-order valence-corrected chi connectivity index (χ0v) is 12.1. The molecule has 0 bridgehead atoms. The number of nitrogens with zero attached hydrogens (tertiary/aromatic N) is 1. The summed E-state index contributed by atoms with van der Waals surface area (Å²) < 4.78 is 28.0. The van der Waals surface area contributed by atoms with Gasteiger partial charge in [0, 0.05) is 18.6 Å². The largest absolute Gasteiger partial charge is 0.301 e. The molecule has 1 N–H and O–H groups in total. The van der Waals surface area contributed by atoms with Gasteiger partial charge in [-0.3, -0.25) is 4.72 Å². The van der Waals surface area contributed by atoms with Crippen molar-refractivity contribution >= 4 is 31.8 Å². The first-order valence-electron chi connectivity index (χ1n) is 4.71. The molecule has 0 radical (unpaired) electrons. The molecule has 0 fully saturated rings. The summed E-state index contributed by atoms with van der Waals surface area (Å²) >= 11 is 3.37. The number of hydrogen-bond donors (Lipinski definition) is 1. The maximum atomic E-state index is 11.7. The Labute approximate surface area is 105 Å². The van der Waals surface area contributed by atoms with Crippen molar-refractivity contribution in [2.24, 2.45) is 0 Å². The standard InChI is InChI=1S/C10H15BrN2O2S/c1-7-5-9(11)6-8(2)10(7)12-16(14,15)13(3)4/h5-6,12H,1-4H3. The molecule has 1 rings (SSSR count). The van der Waals surface area contributed by atoms with E-state index in [1.165, 1.54) is 14.1 Å². The van der Waals surface area contributed by atoms with Crippen LogP contribution in [0.25, 0.3) is 0 Å². The first-order valence-corrected chi connectivity index (χ1v) is 6.94. The van der Waals surface area contributed by atoms with E-state index in [4.69, 9.17) is 0 Å². The number of anilines is 1. The van der Waals surface area contributed by atoms with Gasteiger partial charge in [-0.15, -0.1) is 0 Å². The highest BCUT2D eigenvalue weighted by Gasteiger charge is 2.15. The average molecular weight is 307 g/mol. The molecule has 4 nitrogen and oxygen atoms in total. The first-order chi connectivity index (χ1) is 7.24. The lowest BCUT2D eigenvalue weighted by molar-refractivity contribution is 0.526. The maximum Gasteiger partial charge on any atom is 0.301 e. The van der Waals surface area contributed by atoms with Crippen molar-refractivity contribution in [2.45, 2.75) is 13.8 Å². The Hall–Kier alpha value is -0.590. The summed E-state index contributed by atoms with van der Waals surface area (Å²) in [6, 6.07) is 3.75. The summed E-state index contributed by atoms with van der Waals surface area (Å²) in [5.74, 6) is 0. The third-order valence-corrected chi connectivity index (χ3v) is 4.09. The Morgan fingerprint density at radius 3 is 2.00 bits per heavy atom. The van der Waals surface area contributed by atoms with E-state index in [-0.39, 0.29) is 0 Å². The smallest absolute Gasteiger partial charge is 0.270 e. The highest BCUT2D eigenvalue weighted by Crippen LogP contribution is 2.26. The molecule has 0 amide bonds. The summed E-state index contributed by atoms with van der Waals surface area (Å²) in [6.45, 7) is 3.73. The van der Waals surface area contributed by atoms with Crippen LogP contribution in [0.5, 0.6) is 0 Å². The van der Waals surface area contributed by atoms with Crippen molar-refractivity contribution in [1.82, 2.24) is 4.31 Å². The van der Waals surface area contributed by atoms with Gasteiger partial charge in [-0.05, 0) is 37.1 Å². The summed E-state index contributed by atoms with van der Waals surface area (Å²) in [4.78, 5) is 0. The van der Waals surface area contributed by atoms with Gasteiger partial charge >= 0.3 is 10.2 Å². The summed E-state index contributed by atoms with van der Waals surface area (Å²) in [6.07, 6.45) is 0. The van der Waals surface area contributed by atoms with Crippen LogP contribution >= 0.6 is 15.9 Å². The molecule has 16 heavy (non-hydrogen) atoms. The Bertz CT molecular complexity index is 475. The fourth-order valence-corrected chi connectivity index (χ4v) is 2.74. The molecule has 90 valence electrons. The maximum absolute atomic E-state index is 11.7. The fraction of sp³-hybridized carbons (Fsp3) is 0.400. The van der Waals surface area contributed by atoms with Crippen molar-refractivity contribution in [2.75, 3.05) is 18.8 Å². The van der Waals surface area contributed by atoms with Crippen LogP contribution in [0, 0.1) is 13.8 Å². The highest BCUT2D eigenvalue weighted by atomic mass is 79.9. The SMILES string of the molecule is Cc1cc(Br)cc(C)c1NS(=O)(=O)N(C)C. The number of rotatable bonds is 3. The van der Waals surface area contributed by atoms with Crippen molar-refractivity contribution in [3.8, 4) is 0 Å². The third-order valence-electron chi connectivity index (χ3n) is 2.21. The zero-order valence-electron chi connectivity index (χ0n) is 9.70. The minimum absolute atomic E-state index is 0.636. The number of halogens is 1. The molecule has 1 aromatic rings. The van der Waals surface area contributed by atoms with Crippen LogP contribution < -0.4 is 4.72 Å². The molecule has 0 atom stereocenters. The predicted molar refractivity (Wildman–Crippen MR) is 69.8 cm³/mol. The van der Waals surface area contributed by atoms with Crippen LogP contribution in [-0.4, -0.2) is 26.8 Å². The van der Waals surface area contributed by atoms with Gasteiger partial charge in [0.2, 0.25) is 0 Å². The topological polar surface area (TPSA) is 49.4 Å². The zero-order chi connectivity index (χ0) is 12.5. The molecule has 6 heteroatoms. The second-order valence-electron chi connectivity index (χ2n) is 3.80. The summed E-state index contributed by atoms with van der Waals surface area (Å²) in [7, 11) is -0.457. The van der Waals surface area contributed by atoms with Crippen LogP contribution in [0.1, 0.15) is 11.1 Å². The normalized spacial score (nSPS) is 11.9. The van der Waals surface area contributed by atoms with Crippen LogP contribution in [0.3, 0.4) is 0 Å². The van der Waals surface area contributed by atoms with Gasteiger partial charge in [0.05, 0.1) is 5.69 Å². The molecule has 1 aromatic carbocycles. The average Bonchev–Trinajstić information content (AvgIpc) is 2.11. The van der Waals surface area contributed by atoms with Crippen LogP contribution in [-0.2, 0) is 10.2 Å². The highest BCUT2D eigenvalue weighted by molar-refractivity contribution is 9.10. The molecular formula is C10H15BrN2O2S. The van der Waals surface area contributed by atoms with Gasteiger partial charge in [0.15, 0.2) is 0 Å². The fourth-order valence-electron chi connectivity index (χ4n) is 1.29. The lowest BCUT2D eigenvalue weighted by Gasteiger charge is -2.17. The Morgan fingerprint density at radius 2 is 1.62 bits per heavy atom. The Balaban J connectivity index is 3.17. The first kappa shape index (κ1) is 13.5. The quantitative estimate of drug-likeness (QED) is 0.931. The molecule has 0 aliphatic carbocycles. The molecule has 0 saturated carbocycles. The molecule has 0 heterocycles. The second kappa shape index (κ2) is 4.73. The lowest BCUT2D eigenvalue weighted by Crippen LogP contribution is -2.29. The van der Waals surface area contributed by atoms with E-state index >= 15 is 0 Å². The molecule has 0 spiro atoms. The molecular weight excluding hydrogens is 292 g/mol. The molecule has 0 saturated heterocycles. The van der Waals surface area contributed by atoms with Gasteiger partial charge in [-0.1, -0.05) is 15.9 Å².